The molecule has 4 nitrogen and oxygen atoms in total. The molecule has 2 N–H and O–H groups in total. The van der Waals surface area contributed by atoms with Crippen molar-refractivity contribution in [1.29, 1.82) is 0 Å². The summed E-state index contributed by atoms with van der Waals surface area (Å²) in [6, 6.07) is 1.31. The van der Waals surface area contributed by atoms with Gasteiger partial charge in [0.05, 0.1) is 0 Å². The van der Waals surface area contributed by atoms with E-state index in [9.17, 15) is 0 Å². The Bertz CT molecular complexity index is 607. The topological polar surface area (TPSA) is 53.7 Å². The highest BCUT2D eigenvalue weighted by atomic mass is 28.3. The van der Waals surface area contributed by atoms with Crippen molar-refractivity contribution in [3.05, 3.63) is 0 Å². The predicted octanol–water partition coefficient (Wildman–Crippen LogP) is 15.1. The van der Waals surface area contributed by atoms with Crippen molar-refractivity contribution in [3.63, 3.8) is 0 Å². The zero-order valence-corrected chi connectivity index (χ0v) is 36.8. The van der Waals surface area contributed by atoms with Crippen LogP contribution in [0.1, 0.15) is 258 Å². The molecular formula is C46H97NO3Si. The van der Waals surface area contributed by atoms with Crippen LogP contribution < -0.4 is 5.73 Å². The summed E-state index contributed by atoms with van der Waals surface area (Å²) < 4.78 is 18.5. The first-order valence-electron chi connectivity index (χ1n) is 23.8. The highest BCUT2D eigenvalue weighted by molar-refractivity contribution is 6.44. The lowest BCUT2D eigenvalue weighted by molar-refractivity contribution is 0.125. The SMILES string of the molecule is CCCCCCCCCCCCCCCCO[SiH](CCC(C)N)OCCCCCCCCCCCCCCOCCCCCCCCCCCC. The van der Waals surface area contributed by atoms with E-state index in [-0.39, 0.29) is 6.04 Å². The van der Waals surface area contributed by atoms with E-state index in [2.05, 4.69) is 20.8 Å². The third-order valence-corrected chi connectivity index (χ3v) is 12.8. The van der Waals surface area contributed by atoms with Crippen molar-refractivity contribution in [2.45, 2.75) is 270 Å². The number of nitrogens with two attached hydrogens (primary N) is 1. The van der Waals surface area contributed by atoms with Crippen LogP contribution in [0, 0.1) is 0 Å². The minimum absolute atomic E-state index is 0.247. The fourth-order valence-corrected chi connectivity index (χ4v) is 9.29. The maximum absolute atomic E-state index is 6.32. The molecule has 0 aromatic carbocycles. The number of rotatable bonds is 46. The van der Waals surface area contributed by atoms with Gasteiger partial charge in [0, 0.05) is 32.5 Å². The van der Waals surface area contributed by atoms with E-state index < -0.39 is 9.28 Å². The smallest absolute Gasteiger partial charge is 0.321 e. The zero-order chi connectivity index (χ0) is 37.0. The first kappa shape index (κ1) is 51.1. The average molecular weight is 740 g/mol. The monoisotopic (exact) mass is 740 g/mol. The molecule has 0 heterocycles. The molecule has 51 heavy (non-hydrogen) atoms. The Morgan fingerprint density at radius 1 is 0.353 bits per heavy atom. The first-order valence-corrected chi connectivity index (χ1v) is 25.5. The summed E-state index contributed by atoms with van der Waals surface area (Å²) in [4.78, 5) is 0. The Morgan fingerprint density at radius 3 is 0.843 bits per heavy atom. The molecule has 2 atom stereocenters. The van der Waals surface area contributed by atoms with Crippen molar-refractivity contribution in [1.82, 2.24) is 0 Å². The summed E-state index contributed by atoms with van der Waals surface area (Å²) in [5.41, 5.74) is 6.06. The summed E-state index contributed by atoms with van der Waals surface area (Å²) in [5.74, 6) is 0. The highest BCUT2D eigenvalue weighted by Crippen LogP contribution is 2.16. The van der Waals surface area contributed by atoms with Crippen LogP contribution in [0.4, 0.5) is 0 Å². The van der Waals surface area contributed by atoms with Crippen LogP contribution in [0.3, 0.4) is 0 Å². The van der Waals surface area contributed by atoms with Crippen LogP contribution in [-0.2, 0) is 13.6 Å². The molecular weight excluding hydrogens is 643 g/mol. The van der Waals surface area contributed by atoms with Gasteiger partial charge in [-0.05, 0) is 45.1 Å². The molecule has 0 fully saturated rings. The van der Waals surface area contributed by atoms with E-state index in [0.717, 1.165) is 38.9 Å². The number of hydrogen-bond acceptors (Lipinski definition) is 4. The second-order valence-electron chi connectivity index (χ2n) is 16.4. The molecule has 0 radical (unpaired) electrons. The van der Waals surface area contributed by atoms with Crippen LogP contribution in [0.5, 0.6) is 0 Å². The molecule has 0 aliphatic heterocycles. The Balaban J connectivity index is 3.44. The van der Waals surface area contributed by atoms with E-state index in [4.69, 9.17) is 19.3 Å². The molecule has 0 amide bonds. The fraction of sp³-hybridized carbons (Fsp3) is 1.00. The largest absolute Gasteiger partial charge is 0.397 e. The Hall–Kier alpha value is 0.0569. The molecule has 0 saturated heterocycles. The summed E-state index contributed by atoms with van der Waals surface area (Å²) in [5, 5.41) is 0. The second-order valence-corrected chi connectivity index (χ2v) is 18.5. The molecule has 2 unspecified atom stereocenters. The van der Waals surface area contributed by atoms with Crippen LogP contribution >= 0.6 is 0 Å². The fourth-order valence-electron chi connectivity index (χ4n) is 7.21. The summed E-state index contributed by atoms with van der Waals surface area (Å²) in [6.07, 6.45) is 50.9. The minimum atomic E-state index is -1.57. The third-order valence-electron chi connectivity index (χ3n) is 10.8. The average Bonchev–Trinajstić information content (AvgIpc) is 3.13. The predicted molar refractivity (Wildman–Crippen MR) is 231 cm³/mol. The van der Waals surface area contributed by atoms with Gasteiger partial charge in [-0.3, -0.25) is 0 Å². The maximum Gasteiger partial charge on any atom is 0.321 e. The Labute approximate surface area is 324 Å². The van der Waals surface area contributed by atoms with Gasteiger partial charge in [0.15, 0.2) is 0 Å². The first-order chi connectivity index (χ1) is 25.2. The van der Waals surface area contributed by atoms with Crippen molar-refractivity contribution in [2.75, 3.05) is 26.4 Å². The van der Waals surface area contributed by atoms with E-state index in [1.165, 1.54) is 231 Å². The van der Waals surface area contributed by atoms with Gasteiger partial charge < -0.3 is 19.3 Å². The summed E-state index contributed by atoms with van der Waals surface area (Å²) in [6.45, 7) is 10.4. The van der Waals surface area contributed by atoms with Crippen LogP contribution in [0.15, 0.2) is 0 Å². The van der Waals surface area contributed by atoms with E-state index >= 15 is 0 Å². The van der Waals surface area contributed by atoms with Crippen molar-refractivity contribution >= 4 is 9.28 Å². The van der Waals surface area contributed by atoms with Crippen LogP contribution in [-0.4, -0.2) is 41.8 Å². The standard InChI is InChI=1S/C46H97NO3Si/c1-4-6-8-10-12-14-16-17-18-22-26-30-34-38-43-49-51(45-40-46(3)47)50-44-39-35-31-27-23-20-19-21-25-29-33-37-42-48-41-36-32-28-24-15-13-11-9-7-5-2/h46,51H,4-45,47H2,1-3H3. The highest BCUT2D eigenvalue weighted by Gasteiger charge is 2.14. The lowest BCUT2D eigenvalue weighted by atomic mass is 10.0. The molecule has 0 aromatic rings. The lowest BCUT2D eigenvalue weighted by Gasteiger charge is -2.18. The third kappa shape index (κ3) is 46.1. The van der Waals surface area contributed by atoms with Gasteiger partial charge in [-0.25, -0.2) is 0 Å². The van der Waals surface area contributed by atoms with Gasteiger partial charge in [0.25, 0.3) is 0 Å². The maximum atomic E-state index is 6.32. The van der Waals surface area contributed by atoms with Gasteiger partial charge in [-0.1, -0.05) is 219 Å². The Morgan fingerprint density at radius 2 is 0.588 bits per heavy atom. The quantitative estimate of drug-likeness (QED) is 0.0499. The molecule has 0 aromatic heterocycles. The molecule has 0 spiro atoms. The molecule has 0 saturated carbocycles. The lowest BCUT2D eigenvalue weighted by Crippen LogP contribution is -2.27. The zero-order valence-electron chi connectivity index (χ0n) is 35.7. The van der Waals surface area contributed by atoms with Crippen molar-refractivity contribution < 1.29 is 13.6 Å². The van der Waals surface area contributed by atoms with E-state index in [1.807, 2.05) is 0 Å². The molecule has 0 bridgehead atoms. The Kier molecular flexibility index (Phi) is 46.3. The normalized spacial score (nSPS) is 12.9. The molecule has 0 rings (SSSR count). The minimum Gasteiger partial charge on any atom is -0.397 e. The van der Waals surface area contributed by atoms with E-state index in [0.29, 0.717) is 0 Å². The molecule has 0 aliphatic rings. The summed E-state index contributed by atoms with van der Waals surface area (Å²) in [7, 11) is -1.57. The van der Waals surface area contributed by atoms with Crippen molar-refractivity contribution in [2.24, 2.45) is 5.73 Å². The van der Waals surface area contributed by atoms with Crippen molar-refractivity contribution in [3.8, 4) is 0 Å². The van der Waals surface area contributed by atoms with Gasteiger partial charge in [0.2, 0.25) is 0 Å². The number of unbranched alkanes of at least 4 members (excludes halogenated alkanes) is 33. The second kappa shape index (κ2) is 46.2. The van der Waals surface area contributed by atoms with Gasteiger partial charge >= 0.3 is 9.28 Å². The number of ether oxygens (including phenoxy) is 1. The van der Waals surface area contributed by atoms with E-state index in [1.54, 1.807) is 0 Å². The van der Waals surface area contributed by atoms with Gasteiger partial charge in [-0.2, -0.15) is 0 Å². The van der Waals surface area contributed by atoms with Crippen LogP contribution in [0.2, 0.25) is 6.04 Å². The van der Waals surface area contributed by atoms with Crippen LogP contribution in [0.25, 0.3) is 0 Å². The molecule has 308 valence electrons. The molecule has 5 heteroatoms. The van der Waals surface area contributed by atoms with Gasteiger partial charge in [-0.15, -0.1) is 0 Å². The number of hydrogen-bond donors (Lipinski definition) is 1. The molecule has 0 aliphatic carbocycles. The van der Waals surface area contributed by atoms with Gasteiger partial charge in [0.1, 0.15) is 0 Å². The summed E-state index contributed by atoms with van der Waals surface area (Å²) >= 11 is 0.